The first kappa shape index (κ1) is 12.9. The summed E-state index contributed by atoms with van der Waals surface area (Å²) in [5.41, 5.74) is 4.57. The zero-order valence-corrected chi connectivity index (χ0v) is 11.2. The van der Waals surface area contributed by atoms with Crippen LogP contribution < -0.4 is 5.73 Å². The average molecular weight is 266 g/mol. The molecule has 0 aromatic carbocycles. The molecule has 1 saturated heterocycles. The van der Waals surface area contributed by atoms with Crippen molar-refractivity contribution in [3.8, 4) is 0 Å². The standard InChI is InChI=1S/C14H22N2O3/c15-14(13(18)19)3-4-16(8-14)12(17)7-11-6-9-1-2-10(11)5-9/h9-11H,1-8,15H2,(H,18,19). The van der Waals surface area contributed by atoms with Crippen molar-refractivity contribution in [1.82, 2.24) is 4.90 Å². The predicted octanol–water partition coefficient (Wildman–Crippen LogP) is 0.827. The van der Waals surface area contributed by atoms with Gasteiger partial charge < -0.3 is 15.7 Å². The minimum absolute atomic E-state index is 0.103. The number of carbonyl (C=O) groups excluding carboxylic acids is 1. The Kier molecular flexibility index (Phi) is 3.04. The number of carboxylic acids is 1. The molecule has 0 radical (unpaired) electrons. The molecule has 2 aliphatic carbocycles. The number of carboxylic acid groups (broad SMARTS) is 1. The maximum Gasteiger partial charge on any atom is 0.325 e. The van der Waals surface area contributed by atoms with Gasteiger partial charge in [-0.3, -0.25) is 9.59 Å². The maximum absolute atomic E-state index is 12.3. The molecule has 0 aromatic rings. The van der Waals surface area contributed by atoms with E-state index in [1.54, 1.807) is 4.90 Å². The molecule has 4 unspecified atom stereocenters. The summed E-state index contributed by atoms with van der Waals surface area (Å²) in [6, 6.07) is 0. The molecule has 1 amide bonds. The monoisotopic (exact) mass is 266 g/mol. The molecule has 0 aromatic heterocycles. The minimum atomic E-state index is -1.23. The number of likely N-dealkylation sites (tertiary alicyclic amines) is 1. The molecule has 5 nitrogen and oxygen atoms in total. The van der Waals surface area contributed by atoms with Crippen LogP contribution in [0.3, 0.4) is 0 Å². The second-order valence-corrected chi connectivity index (χ2v) is 6.67. The highest BCUT2D eigenvalue weighted by molar-refractivity contribution is 5.83. The predicted molar refractivity (Wildman–Crippen MR) is 69.3 cm³/mol. The maximum atomic E-state index is 12.3. The van der Waals surface area contributed by atoms with Gasteiger partial charge in [0.2, 0.25) is 5.91 Å². The highest BCUT2D eigenvalue weighted by Crippen LogP contribution is 2.49. The molecule has 3 rings (SSSR count). The molecule has 0 spiro atoms. The highest BCUT2D eigenvalue weighted by atomic mass is 16.4. The van der Waals surface area contributed by atoms with Crippen LogP contribution >= 0.6 is 0 Å². The van der Waals surface area contributed by atoms with Gasteiger partial charge in [-0.2, -0.15) is 0 Å². The van der Waals surface area contributed by atoms with E-state index in [2.05, 4.69) is 0 Å². The van der Waals surface area contributed by atoms with E-state index in [0.29, 0.717) is 25.3 Å². The van der Waals surface area contributed by atoms with Gasteiger partial charge in [0.05, 0.1) is 0 Å². The van der Waals surface area contributed by atoms with Crippen LogP contribution in [0.5, 0.6) is 0 Å². The highest BCUT2D eigenvalue weighted by Gasteiger charge is 2.45. The van der Waals surface area contributed by atoms with Gasteiger partial charge in [-0.1, -0.05) is 6.42 Å². The van der Waals surface area contributed by atoms with E-state index >= 15 is 0 Å². The molecule has 1 heterocycles. The second-order valence-electron chi connectivity index (χ2n) is 6.67. The SMILES string of the molecule is NC1(C(=O)O)CCN(C(=O)CC2CC3CCC2C3)C1. The van der Waals surface area contributed by atoms with Gasteiger partial charge >= 0.3 is 5.97 Å². The van der Waals surface area contributed by atoms with Crippen molar-refractivity contribution in [1.29, 1.82) is 0 Å². The van der Waals surface area contributed by atoms with E-state index in [1.807, 2.05) is 0 Å². The lowest BCUT2D eigenvalue weighted by molar-refractivity contribution is -0.143. The van der Waals surface area contributed by atoms with Crippen LogP contribution in [-0.4, -0.2) is 40.5 Å². The topological polar surface area (TPSA) is 83.6 Å². The number of nitrogens with zero attached hydrogens (tertiary/aromatic N) is 1. The molecule has 3 N–H and O–H groups in total. The first-order valence-electron chi connectivity index (χ1n) is 7.28. The van der Waals surface area contributed by atoms with Crippen LogP contribution in [0.4, 0.5) is 0 Å². The Morgan fingerprint density at radius 3 is 2.63 bits per heavy atom. The van der Waals surface area contributed by atoms with E-state index in [9.17, 15) is 9.59 Å². The van der Waals surface area contributed by atoms with E-state index < -0.39 is 11.5 Å². The summed E-state index contributed by atoms with van der Waals surface area (Å²) in [4.78, 5) is 25.0. The number of nitrogens with two attached hydrogens (primary N) is 1. The summed E-state index contributed by atoms with van der Waals surface area (Å²) in [5.74, 6) is 1.21. The van der Waals surface area contributed by atoms with Gasteiger partial charge in [0, 0.05) is 19.5 Å². The largest absolute Gasteiger partial charge is 0.480 e. The smallest absolute Gasteiger partial charge is 0.325 e. The van der Waals surface area contributed by atoms with Crippen LogP contribution in [0.1, 0.15) is 38.5 Å². The van der Waals surface area contributed by atoms with Gasteiger partial charge in [0.15, 0.2) is 0 Å². The van der Waals surface area contributed by atoms with Crippen LogP contribution in [0, 0.1) is 17.8 Å². The lowest BCUT2D eigenvalue weighted by atomic mass is 9.86. The molecule has 106 valence electrons. The molecule has 2 bridgehead atoms. The van der Waals surface area contributed by atoms with E-state index in [4.69, 9.17) is 10.8 Å². The molecule has 3 fully saturated rings. The van der Waals surface area contributed by atoms with Crippen molar-refractivity contribution >= 4 is 11.9 Å². The number of carbonyl (C=O) groups is 2. The number of hydrogen-bond donors (Lipinski definition) is 2. The zero-order chi connectivity index (χ0) is 13.6. The summed E-state index contributed by atoms with van der Waals surface area (Å²) in [5, 5.41) is 9.08. The molecule has 2 saturated carbocycles. The third-order valence-electron chi connectivity index (χ3n) is 5.40. The number of rotatable bonds is 3. The number of hydrogen-bond acceptors (Lipinski definition) is 3. The Morgan fingerprint density at radius 2 is 2.11 bits per heavy atom. The van der Waals surface area contributed by atoms with Crippen molar-refractivity contribution in [3.63, 3.8) is 0 Å². The van der Waals surface area contributed by atoms with Crippen LogP contribution in [0.2, 0.25) is 0 Å². The quantitative estimate of drug-likeness (QED) is 0.792. The normalized spacial score (nSPS) is 40.9. The first-order valence-corrected chi connectivity index (χ1v) is 7.28. The summed E-state index contributed by atoms with van der Waals surface area (Å²) >= 11 is 0. The minimum Gasteiger partial charge on any atom is -0.480 e. The van der Waals surface area contributed by atoms with Gasteiger partial charge in [0.1, 0.15) is 5.54 Å². The summed E-state index contributed by atoms with van der Waals surface area (Å²) < 4.78 is 0. The molecule has 3 aliphatic rings. The van der Waals surface area contributed by atoms with Crippen molar-refractivity contribution in [2.75, 3.05) is 13.1 Å². The fourth-order valence-electron chi connectivity index (χ4n) is 4.20. The lowest BCUT2D eigenvalue weighted by Crippen LogP contribution is -2.50. The second kappa shape index (κ2) is 4.47. The van der Waals surface area contributed by atoms with Crippen LogP contribution in [0.15, 0.2) is 0 Å². The molecular formula is C14H22N2O3. The van der Waals surface area contributed by atoms with Crippen molar-refractivity contribution < 1.29 is 14.7 Å². The lowest BCUT2D eigenvalue weighted by Gasteiger charge is -2.25. The third-order valence-corrected chi connectivity index (χ3v) is 5.40. The first-order chi connectivity index (χ1) is 8.98. The summed E-state index contributed by atoms with van der Waals surface area (Å²) in [7, 11) is 0. The van der Waals surface area contributed by atoms with Gasteiger partial charge in [0.25, 0.3) is 0 Å². The molecule has 5 heteroatoms. The average Bonchev–Trinajstić information content (AvgIpc) is 3.04. The Labute approximate surface area is 113 Å². The molecule has 19 heavy (non-hydrogen) atoms. The van der Waals surface area contributed by atoms with Gasteiger partial charge in [-0.25, -0.2) is 0 Å². The van der Waals surface area contributed by atoms with Crippen molar-refractivity contribution in [2.24, 2.45) is 23.5 Å². The Morgan fingerprint density at radius 1 is 1.32 bits per heavy atom. The molecular weight excluding hydrogens is 244 g/mol. The zero-order valence-electron chi connectivity index (χ0n) is 11.2. The van der Waals surface area contributed by atoms with Crippen molar-refractivity contribution in [3.05, 3.63) is 0 Å². The third kappa shape index (κ3) is 2.24. The number of aliphatic carboxylic acids is 1. The van der Waals surface area contributed by atoms with E-state index in [-0.39, 0.29) is 12.5 Å². The fourth-order valence-corrected chi connectivity index (χ4v) is 4.20. The van der Waals surface area contributed by atoms with E-state index in [0.717, 1.165) is 11.8 Å². The summed E-state index contributed by atoms with van der Waals surface area (Å²) in [6.45, 7) is 0.657. The number of fused-ring (bicyclic) bond motifs is 2. The van der Waals surface area contributed by atoms with E-state index in [1.165, 1.54) is 25.7 Å². The van der Waals surface area contributed by atoms with Crippen LogP contribution in [-0.2, 0) is 9.59 Å². The molecule has 4 atom stereocenters. The molecule has 1 aliphatic heterocycles. The Hall–Kier alpha value is -1.10. The van der Waals surface area contributed by atoms with Crippen LogP contribution in [0.25, 0.3) is 0 Å². The van der Waals surface area contributed by atoms with Crippen molar-refractivity contribution in [2.45, 2.75) is 44.1 Å². The summed E-state index contributed by atoms with van der Waals surface area (Å²) in [6.07, 6.45) is 6.06. The van der Waals surface area contributed by atoms with Gasteiger partial charge in [-0.15, -0.1) is 0 Å². The number of amides is 1. The van der Waals surface area contributed by atoms with Gasteiger partial charge in [-0.05, 0) is 43.4 Å². The fraction of sp³-hybridized carbons (Fsp3) is 0.857. The Bertz CT molecular complexity index is 411. The Balaban J connectivity index is 1.56.